The van der Waals surface area contributed by atoms with Crippen LogP contribution < -0.4 is 5.01 Å². The highest BCUT2D eigenvalue weighted by atomic mass is 16.6. The van der Waals surface area contributed by atoms with Gasteiger partial charge in [0, 0.05) is 23.3 Å². The topological polar surface area (TPSA) is 71.9 Å². The van der Waals surface area contributed by atoms with Gasteiger partial charge in [-0.25, -0.2) is 5.01 Å². The number of anilines is 1. The van der Waals surface area contributed by atoms with Crippen molar-refractivity contribution in [1.29, 1.82) is 0 Å². The second-order valence-corrected chi connectivity index (χ2v) is 26.7. The number of hydrogen-bond donors (Lipinski definition) is 0. The van der Waals surface area contributed by atoms with Crippen molar-refractivity contribution in [2.75, 3.05) is 5.01 Å². The highest BCUT2D eigenvalue weighted by molar-refractivity contribution is 6.82. The van der Waals surface area contributed by atoms with Gasteiger partial charge in [-0.2, -0.15) is 5.10 Å². The van der Waals surface area contributed by atoms with Crippen LogP contribution in [-0.2, 0) is 11.0 Å². The maximum Gasteiger partial charge on any atom is 0.269 e. The number of hydrazone groups is 1. The van der Waals surface area contributed by atoms with E-state index in [0.29, 0.717) is 0 Å². The first kappa shape index (κ1) is 29.1. The van der Waals surface area contributed by atoms with E-state index in [1.807, 2.05) is 18.4 Å². The van der Waals surface area contributed by atoms with Crippen molar-refractivity contribution in [3.05, 3.63) is 80.8 Å². The van der Waals surface area contributed by atoms with Crippen molar-refractivity contribution in [2.24, 2.45) is 5.10 Å². The van der Waals surface area contributed by atoms with Gasteiger partial charge in [-0.1, -0.05) is 0 Å². The number of non-ortho nitro benzene ring substituents is 1. The number of benzene rings is 19. The summed E-state index contributed by atoms with van der Waals surface area (Å²) in [6.45, 7) is 0. The average molecular weight is 950 g/mol. The quantitative estimate of drug-likeness (QED) is 0.100. The van der Waals surface area contributed by atoms with Crippen molar-refractivity contribution in [1.82, 2.24) is 0 Å². The van der Waals surface area contributed by atoms with E-state index in [0.717, 1.165) is 17.2 Å². The van der Waals surface area contributed by atoms with E-state index in [1.54, 1.807) is 163 Å². The van der Waals surface area contributed by atoms with Crippen molar-refractivity contribution < 1.29 is 9.34 Å². The molecule has 0 bridgehead atoms. The van der Waals surface area contributed by atoms with Crippen LogP contribution in [0.4, 0.5) is 11.4 Å². The largest absolute Gasteiger partial charge is 0.463 e. The predicted octanol–water partition coefficient (Wildman–Crippen LogP) is 18.7. The Hall–Kier alpha value is -10.2. The third kappa shape index (κ3) is 1.61. The molecule has 29 aromatic carbocycles. The fourth-order valence-electron chi connectivity index (χ4n) is 25.9. The summed E-state index contributed by atoms with van der Waals surface area (Å²) in [6.07, 6.45) is 1.86. The third-order valence-electron chi connectivity index (χ3n) is 26.2. The van der Waals surface area contributed by atoms with Gasteiger partial charge in [0.1, 0.15) is 16.7 Å². The molecule has 0 fully saturated rings. The Morgan fingerprint density at radius 2 is 0.584 bits per heavy atom. The number of nitrogens with zero attached hydrogens (tertiary/aromatic N) is 3. The molecule has 6 heteroatoms. The predicted molar refractivity (Wildman–Crippen MR) is 315 cm³/mol. The summed E-state index contributed by atoms with van der Waals surface area (Å²) in [6, 6.07) is 11.8. The normalized spacial score (nSPS) is 21.5. The fraction of sp³-hybridized carbons (Fsp3) is 0.0282. The van der Waals surface area contributed by atoms with Crippen LogP contribution in [0.3, 0.4) is 0 Å². The molecule has 2 heterocycles. The van der Waals surface area contributed by atoms with Crippen molar-refractivity contribution >= 4 is 308 Å². The van der Waals surface area contributed by atoms with Crippen LogP contribution in [0.1, 0.15) is 28.0 Å². The molecule has 0 atom stereocenters. The molecule has 30 aromatic rings. The van der Waals surface area contributed by atoms with Gasteiger partial charge in [-0.3, -0.25) is 10.1 Å². The van der Waals surface area contributed by atoms with E-state index in [4.69, 9.17) is 9.52 Å². The maximum atomic E-state index is 12.6. The minimum Gasteiger partial charge on any atom is -0.463 e. The molecule has 35 rings (SSSR count). The SMILES string of the molecule is O=[N+]([O-])c1ccc(N2N=C(c3ccco3)C34c5c6c7c8c9c%10c(c%11c%12c3c3c5c5c%13c6c6c7c7c9c9c%14c%10c%10c%11c%11c%12c%12c3c3c5c5c%13c%13c6c6c7c9c7c9c%14c%10c%10c%11c%11c%12c3c3c5c5c%13c6c7c6c9c%10c%11c3c56)C824)cc1. The van der Waals surface area contributed by atoms with Crippen LogP contribution in [0.25, 0.3) is 291 Å². The maximum absolute atomic E-state index is 12.6. The first-order chi connectivity index (χ1) is 38.2. The Labute approximate surface area is 417 Å². The molecule has 324 valence electrons. The lowest BCUT2D eigenvalue weighted by atomic mass is 9.51. The molecule has 0 N–H and O–H groups in total. The Morgan fingerprint density at radius 1 is 0.338 bits per heavy atom. The van der Waals surface area contributed by atoms with Gasteiger partial charge in [0.25, 0.3) is 5.69 Å². The van der Waals surface area contributed by atoms with Crippen LogP contribution in [-0.4, -0.2) is 10.6 Å². The van der Waals surface area contributed by atoms with Crippen LogP contribution in [0.2, 0.25) is 0 Å². The number of nitro groups is 1. The number of hydrogen-bond acceptors (Lipinski definition) is 5. The highest BCUT2D eigenvalue weighted by Gasteiger charge is 2.77. The molecule has 4 aliphatic carbocycles. The van der Waals surface area contributed by atoms with E-state index in [-0.39, 0.29) is 10.6 Å². The average Bonchev–Trinajstić information content (AvgIpc) is 4.13. The molecule has 77 heavy (non-hydrogen) atoms. The molecule has 1 aliphatic heterocycles. The van der Waals surface area contributed by atoms with Crippen LogP contribution in [0.5, 0.6) is 0 Å². The van der Waals surface area contributed by atoms with Gasteiger partial charge in [0.2, 0.25) is 0 Å². The molecule has 2 spiro atoms. The zero-order chi connectivity index (χ0) is 46.3. The number of rotatable bonds is 3. The molecule has 5 aliphatic rings. The second kappa shape index (κ2) is 6.73. The molecular formula is C71H7N3O3. The Kier molecular flexibility index (Phi) is 2.54. The summed E-state index contributed by atoms with van der Waals surface area (Å²) >= 11 is 0. The number of nitro benzene ring substituents is 1. The molecule has 0 unspecified atom stereocenters. The van der Waals surface area contributed by atoms with Gasteiger partial charge in [0.05, 0.1) is 16.9 Å². The lowest BCUT2D eigenvalue weighted by Gasteiger charge is -2.52. The monoisotopic (exact) mass is 949 g/mol. The number of furan rings is 1. The molecule has 0 radical (unpaired) electrons. The Bertz CT molecular complexity index is 7760. The first-order valence-electron chi connectivity index (χ1n) is 27.7. The Balaban J connectivity index is 1.10. The Morgan fingerprint density at radius 3 is 0.818 bits per heavy atom. The molecule has 1 aromatic heterocycles. The standard InChI is InChI=1S/C71H7N3O3/c75-74(76)9-5-3-8(4-6-9)73-71-67-61-55-45-33-25-17-13-11-12-15-19(17)27(33)37-31-23(15)24-16(12)20-18-14(11)22-21(13)29-35(25)43-49-39(29)40-30(22)36-26(18)34-28(20)38-32(24)42-41(31)53(47(37)55)63(67)64-54(42)48(38)56-46(34)52-44(36)50(40)58-57(49)65(59(61)51(43)45)70(71,66(58)60(52)62(56)68(64)71)69(72-73)10-2-1-7-77-10/h1-7H. The summed E-state index contributed by atoms with van der Waals surface area (Å²) < 4.78 is 6.95. The van der Waals surface area contributed by atoms with Crippen LogP contribution >= 0.6 is 0 Å². The van der Waals surface area contributed by atoms with Gasteiger partial charge < -0.3 is 4.42 Å². The van der Waals surface area contributed by atoms with E-state index in [9.17, 15) is 10.1 Å². The van der Waals surface area contributed by atoms with Gasteiger partial charge >= 0.3 is 0 Å². The molecule has 0 amide bonds. The summed E-state index contributed by atoms with van der Waals surface area (Å²) in [5.74, 6) is 0.811. The summed E-state index contributed by atoms with van der Waals surface area (Å²) in [5.41, 5.74) is 6.02. The summed E-state index contributed by atoms with van der Waals surface area (Å²) in [7, 11) is 0. The third-order valence-corrected chi connectivity index (χ3v) is 26.2. The molecule has 0 saturated carbocycles. The smallest absolute Gasteiger partial charge is 0.269 e. The second-order valence-electron chi connectivity index (χ2n) is 26.7. The van der Waals surface area contributed by atoms with E-state index in [1.165, 1.54) is 162 Å². The zero-order valence-electron chi connectivity index (χ0n) is 38.6. The van der Waals surface area contributed by atoms with Crippen molar-refractivity contribution in [3.8, 4) is 0 Å². The molecule has 6 nitrogen and oxygen atoms in total. The van der Waals surface area contributed by atoms with Gasteiger partial charge in [-0.05, 0) is 326 Å². The van der Waals surface area contributed by atoms with Gasteiger partial charge in [-0.15, -0.1) is 0 Å². The first-order valence-corrected chi connectivity index (χ1v) is 27.7. The van der Waals surface area contributed by atoms with Crippen LogP contribution in [0, 0.1) is 10.1 Å². The minimum absolute atomic E-state index is 0.0937. The highest BCUT2D eigenvalue weighted by Crippen LogP contribution is 2.86. The summed E-state index contributed by atoms with van der Waals surface area (Å²) in [4.78, 5) is 12.4. The summed E-state index contributed by atoms with van der Waals surface area (Å²) in [5, 5.41) is 105. The van der Waals surface area contributed by atoms with E-state index >= 15 is 0 Å². The lowest BCUT2D eigenvalue weighted by molar-refractivity contribution is -0.384. The van der Waals surface area contributed by atoms with E-state index < -0.39 is 11.0 Å². The zero-order valence-corrected chi connectivity index (χ0v) is 38.6. The van der Waals surface area contributed by atoms with E-state index in [2.05, 4.69) is 17.1 Å². The van der Waals surface area contributed by atoms with Gasteiger partial charge in [0.15, 0.2) is 5.76 Å². The molecular weight excluding hydrogens is 943 g/mol. The molecule has 0 saturated heterocycles. The minimum atomic E-state index is -0.906. The van der Waals surface area contributed by atoms with Crippen molar-refractivity contribution in [3.63, 3.8) is 0 Å². The fourth-order valence-corrected chi connectivity index (χ4v) is 25.9. The van der Waals surface area contributed by atoms with Crippen LogP contribution in [0.15, 0.2) is 52.2 Å². The lowest BCUT2D eigenvalue weighted by Crippen LogP contribution is -2.59. The van der Waals surface area contributed by atoms with Crippen molar-refractivity contribution in [2.45, 2.75) is 11.0 Å².